The van der Waals surface area contributed by atoms with Gasteiger partial charge in [0.25, 0.3) is 0 Å². The van der Waals surface area contributed by atoms with Crippen molar-refractivity contribution >= 4 is 0 Å². The van der Waals surface area contributed by atoms with Crippen LogP contribution in [0, 0.1) is 5.41 Å². The minimum Gasteiger partial charge on any atom is -0.396 e. The molecule has 1 rings (SSSR count). The van der Waals surface area contributed by atoms with Gasteiger partial charge in [-0.3, -0.25) is 4.98 Å². The molecule has 1 heterocycles. The molecule has 2 N–H and O–H groups in total. The Kier molecular flexibility index (Phi) is 5.59. The van der Waals surface area contributed by atoms with E-state index in [0.717, 1.165) is 19.4 Å². The van der Waals surface area contributed by atoms with E-state index in [0.29, 0.717) is 6.04 Å². The zero-order valence-corrected chi connectivity index (χ0v) is 11.1. The molecule has 0 bridgehead atoms. The van der Waals surface area contributed by atoms with E-state index < -0.39 is 0 Å². The van der Waals surface area contributed by atoms with Gasteiger partial charge in [-0.25, -0.2) is 0 Å². The normalized spacial score (nSPS) is 13.6. The van der Waals surface area contributed by atoms with Crippen LogP contribution in [0.3, 0.4) is 0 Å². The van der Waals surface area contributed by atoms with Gasteiger partial charge in [0.1, 0.15) is 0 Å². The molecule has 0 radical (unpaired) electrons. The van der Waals surface area contributed by atoms with Crippen LogP contribution in [-0.4, -0.2) is 23.2 Å². The largest absolute Gasteiger partial charge is 0.396 e. The smallest absolute Gasteiger partial charge is 0.0431 e. The Bertz CT molecular complexity index is 311. The van der Waals surface area contributed by atoms with Gasteiger partial charge in [-0.2, -0.15) is 0 Å². The first kappa shape index (κ1) is 14.1. The Morgan fingerprint density at radius 3 is 2.82 bits per heavy atom. The van der Waals surface area contributed by atoms with Crippen LogP contribution in [0.2, 0.25) is 0 Å². The first-order valence-corrected chi connectivity index (χ1v) is 6.29. The Morgan fingerprint density at radius 1 is 1.47 bits per heavy atom. The summed E-state index contributed by atoms with van der Waals surface area (Å²) in [5, 5.41) is 12.4. The molecule has 0 spiro atoms. The highest BCUT2D eigenvalue weighted by atomic mass is 16.2. The molecule has 1 unspecified atom stereocenters. The fraction of sp³-hybridized carbons (Fsp3) is 0.643. The molecule has 0 amide bonds. The van der Waals surface area contributed by atoms with Crippen LogP contribution < -0.4 is 5.32 Å². The van der Waals surface area contributed by atoms with Crippen LogP contribution in [-0.2, 0) is 0 Å². The highest BCUT2D eigenvalue weighted by molar-refractivity contribution is 5.12. The molecule has 0 aliphatic rings. The summed E-state index contributed by atoms with van der Waals surface area (Å²) in [6, 6.07) is 4.37. The van der Waals surface area contributed by atoms with E-state index in [1.165, 1.54) is 5.56 Å². The number of pyridine rings is 1. The van der Waals surface area contributed by atoms with Crippen LogP contribution in [0.5, 0.6) is 0 Å². The third-order valence-electron chi connectivity index (χ3n) is 3.08. The zero-order chi connectivity index (χ0) is 12.7. The zero-order valence-electron chi connectivity index (χ0n) is 11.1. The van der Waals surface area contributed by atoms with Gasteiger partial charge in [0, 0.05) is 31.6 Å². The van der Waals surface area contributed by atoms with Crippen LogP contribution in [0.15, 0.2) is 24.5 Å². The summed E-state index contributed by atoms with van der Waals surface area (Å²) >= 11 is 0. The summed E-state index contributed by atoms with van der Waals surface area (Å²) in [5.41, 5.74) is 1.43. The number of aromatic nitrogens is 1. The summed E-state index contributed by atoms with van der Waals surface area (Å²) in [6.07, 6.45) is 5.60. The number of hydrogen-bond donors (Lipinski definition) is 2. The average Bonchev–Trinajstić information content (AvgIpc) is 2.35. The summed E-state index contributed by atoms with van der Waals surface area (Å²) in [6.45, 7) is 7.83. The van der Waals surface area contributed by atoms with E-state index in [9.17, 15) is 0 Å². The van der Waals surface area contributed by atoms with Gasteiger partial charge < -0.3 is 10.4 Å². The molecule has 0 saturated carbocycles. The standard InChI is InChI=1S/C14H24N2O/c1-12(13-6-4-8-15-10-13)16-11-14(2,3)7-5-9-17/h4,6,8,10,12,16-17H,5,7,9,11H2,1-3H3. The summed E-state index contributed by atoms with van der Waals surface area (Å²) in [5.74, 6) is 0. The average molecular weight is 236 g/mol. The maximum absolute atomic E-state index is 8.86. The Balaban J connectivity index is 2.40. The minimum atomic E-state index is 0.221. The number of aliphatic hydroxyl groups is 1. The van der Waals surface area contributed by atoms with E-state index in [2.05, 4.69) is 37.1 Å². The number of rotatable bonds is 7. The number of nitrogens with zero attached hydrogens (tertiary/aromatic N) is 1. The first-order valence-electron chi connectivity index (χ1n) is 6.29. The van der Waals surface area contributed by atoms with Gasteiger partial charge in [-0.1, -0.05) is 19.9 Å². The molecule has 1 aromatic rings. The van der Waals surface area contributed by atoms with Gasteiger partial charge in [-0.15, -0.1) is 0 Å². The Morgan fingerprint density at radius 2 is 2.24 bits per heavy atom. The second-order valence-corrected chi connectivity index (χ2v) is 5.38. The summed E-state index contributed by atoms with van der Waals surface area (Å²) < 4.78 is 0. The third kappa shape index (κ3) is 5.29. The highest BCUT2D eigenvalue weighted by Gasteiger charge is 2.18. The van der Waals surface area contributed by atoms with E-state index in [1.807, 2.05) is 12.3 Å². The topological polar surface area (TPSA) is 45.1 Å². The second kappa shape index (κ2) is 6.72. The molecule has 3 heteroatoms. The molecule has 0 aliphatic carbocycles. The van der Waals surface area contributed by atoms with Crippen molar-refractivity contribution in [2.45, 2.75) is 39.7 Å². The van der Waals surface area contributed by atoms with Crippen LogP contribution in [0.4, 0.5) is 0 Å². The van der Waals surface area contributed by atoms with E-state index >= 15 is 0 Å². The molecule has 0 aromatic carbocycles. The van der Waals surface area contributed by atoms with Crippen LogP contribution in [0.1, 0.15) is 45.2 Å². The van der Waals surface area contributed by atoms with E-state index in [1.54, 1.807) is 6.20 Å². The predicted molar refractivity (Wildman–Crippen MR) is 70.8 cm³/mol. The maximum atomic E-state index is 8.86. The molecule has 0 fully saturated rings. The second-order valence-electron chi connectivity index (χ2n) is 5.38. The molecule has 1 atom stereocenters. The molecule has 0 aliphatic heterocycles. The number of nitrogens with one attached hydrogen (secondary N) is 1. The monoisotopic (exact) mass is 236 g/mol. The lowest BCUT2D eigenvalue weighted by Crippen LogP contribution is -2.31. The van der Waals surface area contributed by atoms with Gasteiger partial charge in [0.15, 0.2) is 0 Å². The Labute approximate surface area is 104 Å². The van der Waals surface area contributed by atoms with Gasteiger partial charge in [-0.05, 0) is 36.8 Å². The van der Waals surface area contributed by atoms with Crippen molar-refractivity contribution in [2.75, 3.05) is 13.2 Å². The van der Waals surface area contributed by atoms with Crippen molar-refractivity contribution < 1.29 is 5.11 Å². The van der Waals surface area contributed by atoms with Crippen molar-refractivity contribution in [3.8, 4) is 0 Å². The van der Waals surface area contributed by atoms with E-state index in [-0.39, 0.29) is 12.0 Å². The molecular formula is C14H24N2O. The fourth-order valence-electron chi connectivity index (χ4n) is 1.83. The molecule has 17 heavy (non-hydrogen) atoms. The van der Waals surface area contributed by atoms with Crippen molar-refractivity contribution in [3.63, 3.8) is 0 Å². The lowest BCUT2D eigenvalue weighted by molar-refractivity contribution is 0.233. The van der Waals surface area contributed by atoms with Crippen molar-refractivity contribution in [1.82, 2.24) is 10.3 Å². The molecule has 1 aromatic heterocycles. The lowest BCUT2D eigenvalue weighted by atomic mass is 9.87. The van der Waals surface area contributed by atoms with Crippen molar-refractivity contribution in [1.29, 1.82) is 0 Å². The quantitative estimate of drug-likeness (QED) is 0.764. The van der Waals surface area contributed by atoms with Crippen LogP contribution >= 0.6 is 0 Å². The van der Waals surface area contributed by atoms with Gasteiger partial charge in [0.05, 0.1) is 0 Å². The number of hydrogen-bond acceptors (Lipinski definition) is 3. The summed E-state index contributed by atoms with van der Waals surface area (Å²) in [4.78, 5) is 4.13. The lowest BCUT2D eigenvalue weighted by Gasteiger charge is -2.27. The van der Waals surface area contributed by atoms with Gasteiger partial charge in [0.2, 0.25) is 0 Å². The first-order chi connectivity index (χ1) is 8.05. The molecule has 3 nitrogen and oxygen atoms in total. The SMILES string of the molecule is CC(NCC(C)(C)CCCO)c1cccnc1. The minimum absolute atomic E-state index is 0.221. The molecule has 0 saturated heterocycles. The van der Waals surface area contributed by atoms with E-state index in [4.69, 9.17) is 5.11 Å². The third-order valence-corrected chi connectivity index (χ3v) is 3.08. The van der Waals surface area contributed by atoms with Crippen molar-refractivity contribution in [3.05, 3.63) is 30.1 Å². The fourth-order valence-corrected chi connectivity index (χ4v) is 1.83. The van der Waals surface area contributed by atoms with Gasteiger partial charge >= 0.3 is 0 Å². The number of aliphatic hydroxyl groups excluding tert-OH is 1. The highest BCUT2D eigenvalue weighted by Crippen LogP contribution is 2.22. The molecular weight excluding hydrogens is 212 g/mol. The van der Waals surface area contributed by atoms with Crippen LogP contribution in [0.25, 0.3) is 0 Å². The van der Waals surface area contributed by atoms with Crippen molar-refractivity contribution in [2.24, 2.45) is 5.41 Å². The predicted octanol–water partition coefficient (Wildman–Crippen LogP) is 2.53. The maximum Gasteiger partial charge on any atom is 0.0431 e. The summed E-state index contributed by atoms with van der Waals surface area (Å²) in [7, 11) is 0. The Hall–Kier alpha value is -0.930. The molecule has 96 valence electrons.